The van der Waals surface area contributed by atoms with Gasteiger partial charge in [-0.1, -0.05) is 6.07 Å². The van der Waals surface area contributed by atoms with Crippen molar-refractivity contribution in [3.8, 4) is 0 Å². The van der Waals surface area contributed by atoms with Gasteiger partial charge in [0.1, 0.15) is 0 Å². The van der Waals surface area contributed by atoms with Gasteiger partial charge in [-0.3, -0.25) is 9.97 Å². The third-order valence-electron chi connectivity index (χ3n) is 2.87. The Bertz CT molecular complexity index is 687. The standard InChI is InChI=1S/C14H12N2/c1-9-6-12-8-14-11(4-3-5-15-14)7-13(12)10(2)16-9/h3-8H,1-2H3. The zero-order valence-electron chi connectivity index (χ0n) is 9.36. The summed E-state index contributed by atoms with van der Waals surface area (Å²) in [5.41, 5.74) is 3.18. The number of aryl methyl sites for hydroxylation is 2. The molecule has 0 atom stereocenters. The summed E-state index contributed by atoms with van der Waals surface area (Å²) in [6.07, 6.45) is 1.83. The molecular weight excluding hydrogens is 196 g/mol. The Kier molecular flexibility index (Phi) is 1.90. The highest BCUT2D eigenvalue weighted by Crippen LogP contribution is 2.23. The number of rotatable bonds is 0. The molecule has 0 saturated carbocycles. The summed E-state index contributed by atoms with van der Waals surface area (Å²) in [7, 11) is 0. The van der Waals surface area contributed by atoms with Gasteiger partial charge < -0.3 is 0 Å². The highest BCUT2D eigenvalue weighted by Gasteiger charge is 2.02. The predicted octanol–water partition coefficient (Wildman–Crippen LogP) is 3.40. The van der Waals surface area contributed by atoms with Gasteiger partial charge in [0.05, 0.1) is 5.52 Å². The van der Waals surface area contributed by atoms with E-state index in [4.69, 9.17) is 0 Å². The van der Waals surface area contributed by atoms with E-state index >= 15 is 0 Å². The molecule has 3 rings (SSSR count). The number of aromatic nitrogens is 2. The molecule has 0 fully saturated rings. The normalized spacial score (nSPS) is 11.1. The Morgan fingerprint density at radius 1 is 1.00 bits per heavy atom. The molecule has 0 spiro atoms. The molecule has 1 aromatic carbocycles. The van der Waals surface area contributed by atoms with Gasteiger partial charge >= 0.3 is 0 Å². The van der Waals surface area contributed by atoms with Crippen molar-refractivity contribution in [3.05, 3.63) is 47.9 Å². The minimum Gasteiger partial charge on any atom is -0.258 e. The molecular formula is C14H12N2. The number of benzene rings is 1. The third kappa shape index (κ3) is 1.34. The summed E-state index contributed by atoms with van der Waals surface area (Å²) >= 11 is 0. The summed E-state index contributed by atoms with van der Waals surface area (Å²) in [5.74, 6) is 0. The van der Waals surface area contributed by atoms with Crippen LogP contribution in [0.25, 0.3) is 21.7 Å². The first-order valence-electron chi connectivity index (χ1n) is 5.37. The van der Waals surface area contributed by atoms with E-state index in [1.807, 2.05) is 19.2 Å². The largest absolute Gasteiger partial charge is 0.258 e. The number of hydrogen-bond acceptors (Lipinski definition) is 2. The van der Waals surface area contributed by atoms with E-state index in [-0.39, 0.29) is 0 Å². The van der Waals surface area contributed by atoms with E-state index in [2.05, 4.69) is 41.2 Å². The van der Waals surface area contributed by atoms with Gasteiger partial charge in [0.25, 0.3) is 0 Å². The molecule has 0 radical (unpaired) electrons. The van der Waals surface area contributed by atoms with Gasteiger partial charge in [-0.2, -0.15) is 0 Å². The number of nitrogens with zero attached hydrogens (tertiary/aromatic N) is 2. The van der Waals surface area contributed by atoms with Crippen molar-refractivity contribution in [3.63, 3.8) is 0 Å². The summed E-state index contributed by atoms with van der Waals surface area (Å²) in [4.78, 5) is 8.86. The minimum atomic E-state index is 1.04. The smallest absolute Gasteiger partial charge is 0.0708 e. The van der Waals surface area contributed by atoms with Crippen LogP contribution in [0.3, 0.4) is 0 Å². The first kappa shape index (κ1) is 9.28. The van der Waals surface area contributed by atoms with Crippen LogP contribution in [0.15, 0.2) is 36.5 Å². The molecule has 0 aliphatic rings. The van der Waals surface area contributed by atoms with Crippen LogP contribution < -0.4 is 0 Å². The fraction of sp³-hybridized carbons (Fsp3) is 0.143. The van der Waals surface area contributed by atoms with Crippen molar-refractivity contribution in [2.45, 2.75) is 13.8 Å². The number of hydrogen-bond donors (Lipinski definition) is 0. The van der Waals surface area contributed by atoms with Crippen LogP contribution in [0.5, 0.6) is 0 Å². The second-order valence-corrected chi connectivity index (χ2v) is 4.12. The fourth-order valence-electron chi connectivity index (χ4n) is 2.15. The summed E-state index contributed by atoms with van der Waals surface area (Å²) < 4.78 is 0. The maximum Gasteiger partial charge on any atom is 0.0708 e. The van der Waals surface area contributed by atoms with Crippen molar-refractivity contribution in [2.24, 2.45) is 0 Å². The van der Waals surface area contributed by atoms with Crippen molar-refractivity contribution in [1.82, 2.24) is 9.97 Å². The lowest BCUT2D eigenvalue weighted by atomic mass is 10.1. The average molecular weight is 208 g/mol. The summed E-state index contributed by atoms with van der Waals surface area (Å²) in [5, 5.41) is 3.60. The summed E-state index contributed by atoms with van der Waals surface area (Å²) in [6.45, 7) is 4.08. The lowest BCUT2D eigenvalue weighted by Crippen LogP contribution is -1.89. The van der Waals surface area contributed by atoms with Crippen molar-refractivity contribution >= 4 is 21.7 Å². The van der Waals surface area contributed by atoms with E-state index in [0.717, 1.165) is 16.9 Å². The lowest BCUT2D eigenvalue weighted by Gasteiger charge is -2.05. The van der Waals surface area contributed by atoms with Crippen LogP contribution in [-0.2, 0) is 0 Å². The minimum absolute atomic E-state index is 1.04. The lowest BCUT2D eigenvalue weighted by molar-refractivity contribution is 1.15. The monoisotopic (exact) mass is 208 g/mol. The highest BCUT2D eigenvalue weighted by molar-refractivity contribution is 5.97. The Morgan fingerprint density at radius 3 is 2.75 bits per heavy atom. The molecule has 2 nitrogen and oxygen atoms in total. The van der Waals surface area contributed by atoms with Gasteiger partial charge in [-0.05, 0) is 43.5 Å². The predicted molar refractivity (Wildman–Crippen MR) is 66.5 cm³/mol. The molecule has 0 bridgehead atoms. The van der Waals surface area contributed by atoms with Gasteiger partial charge in [-0.15, -0.1) is 0 Å². The topological polar surface area (TPSA) is 25.8 Å². The van der Waals surface area contributed by atoms with Crippen LogP contribution in [0.4, 0.5) is 0 Å². The van der Waals surface area contributed by atoms with Crippen LogP contribution in [0, 0.1) is 13.8 Å². The quantitative estimate of drug-likeness (QED) is 0.529. The molecule has 2 heterocycles. The number of pyridine rings is 2. The first-order chi connectivity index (χ1) is 7.74. The molecule has 16 heavy (non-hydrogen) atoms. The van der Waals surface area contributed by atoms with Gasteiger partial charge in [0, 0.05) is 28.4 Å². The highest BCUT2D eigenvalue weighted by atomic mass is 14.7. The maximum absolute atomic E-state index is 4.49. The summed E-state index contributed by atoms with van der Waals surface area (Å²) in [6, 6.07) is 10.5. The van der Waals surface area contributed by atoms with Gasteiger partial charge in [0.15, 0.2) is 0 Å². The zero-order valence-corrected chi connectivity index (χ0v) is 9.36. The van der Waals surface area contributed by atoms with Crippen LogP contribution in [0.1, 0.15) is 11.4 Å². The Hall–Kier alpha value is -1.96. The Labute approximate surface area is 94.0 Å². The van der Waals surface area contributed by atoms with E-state index in [0.29, 0.717) is 0 Å². The average Bonchev–Trinajstić information content (AvgIpc) is 2.27. The second-order valence-electron chi connectivity index (χ2n) is 4.12. The van der Waals surface area contributed by atoms with Crippen LogP contribution in [0.2, 0.25) is 0 Å². The van der Waals surface area contributed by atoms with E-state index in [1.165, 1.54) is 16.2 Å². The van der Waals surface area contributed by atoms with Crippen molar-refractivity contribution in [1.29, 1.82) is 0 Å². The van der Waals surface area contributed by atoms with E-state index in [1.54, 1.807) is 0 Å². The van der Waals surface area contributed by atoms with Crippen molar-refractivity contribution < 1.29 is 0 Å². The van der Waals surface area contributed by atoms with Gasteiger partial charge in [0.2, 0.25) is 0 Å². The molecule has 2 aromatic heterocycles. The fourth-order valence-corrected chi connectivity index (χ4v) is 2.15. The Balaban J connectivity index is 2.51. The molecule has 0 unspecified atom stereocenters. The van der Waals surface area contributed by atoms with Crippen molar-refractivity contribution in [2.75, 3.05) is 0 Å². The molecule has 0 aliphatic carbocycles. The number of fused-ring (bicyclic) bond motifs is 2. The Morgan fingerprint density at radius 2 is 1.88 bits per heavy atom. The van der Waals surface area contributed by atoms with Crippen LogP contribution >= 0.6 is 0 Å². The van der Waals surface area contributed by atoms with E-state index in [9.17, 15) is 0 Å². The van der Waals surface area contributed by atoms with Gasteiger partial charge in [-0.25, -0.2) is 0 Å². The first-order valence-corrected chi connectivity index (χ1v) is 5.37. The molecule has 0 amide bonds. The second kappa shape index (κ2) is 3.27. The maximum atomic E-state index is 4.49. The van der Waals surface area contributed by atoms with E-state index < -0.39 is 0 Å². The molecule has 0 aliphatic heterocycles. The molecule has 2 heteroatoms. The third-order valence-corrected chi connectivity index (χ3v) is 2.87. The SMILES string of the molecule is Cc1cc2cc3ncccc3cc2c(C)n1. The van der Waals surface area contributed by atoms with Crippen LogP contribution in [-0.4, -0.2) is 9.97 Å². The molecule has 78 valence electrons. The zero-order chi connectivity index (χ0) is 11.1. The molecule has 0 N–H and O–H groups in total. The molecule has 3 aromatic rings. The molecule has 0 saturated heterocycles.